The minimum absolute atomic E-state index is 0.257. The first-order chi connectivity index (χ1) is 17.5. The number of rotatable bonds is 6. The Hall–Kier alpha value is -3.08. The lowest BCUT2D eigenvalue weighted by Crippen LogP contribution is -2.53. The van der Waals surface area contributed by atoms with Crippen molar-refractivity contribution in [3.05, 3.63) is 41.0 Å². The van der Waals surface area contributed by atoms with Crippen LogP contribution in [0.25, 0.3) is 0 Å². The summed E-state index contributed by atoms with van der Waals surface area (Å²) in [5.41, 5.74) is -0.540. The van der Waals surface area contributed by atoms with Gasteiger partial charge in [-0.05, 0) is 32.0 Å². The molecule has 1 amide bonds. The van der Waals surface area contributed by atoms with Crippen LogP contribution >= 0.6 is 0 Å². The maximum absolute atomic E-state index is 13.6. The molecule has 2 saturated heterocycles. The molecule has 1 aromatic carbocycles. The van der Waals surface area contributed by atoms with E-state index in [1.54, 1.807) is 24.8 Å². The largest absolute Gasteiger partial charge is 0.466 e. The standard InChI is InChI=1S/C26H32F3N3O5/c1-3-36-21(33)7-10-30-11-8-25(9-12-30)22(18(2)24(35)37-25)23(34)32-15-13-31(14-16-32)20-6-4-5-19(17-20)26(27,28)29/h4-6,17H,3,7-16H2,1-2H3. The Morgan fingerprint density at radius 3 is 2.38 bits per heavy atom. The number of alkyl halides is 3. The lowest BCUT2D eigenvalue weighted by atomic mass is 9.82. The van der Waals surface area contributed by atoms with Crippen molar-refractivity contribution in [1.82, 2.24) is 9.80 Å². The first kappa shape index (κ1) is 27.0. The number of benzene rings is 1. The second kappa shape index (κ2) is 10.7. The van der Waals surface area contributed by atoms with Crippen LogP contribution in [0.15, 0.2) is 35.4 Å². The summed E-state index contributed by atoms with van der Waals surface area (Å²) in [7, 11) is 0. The molecule has 202 valence electrons. The van der Waals surface area contributed by atoms with Crippen molar-refractivity contribution in [2.75, 3.05) is 57.3 Å². The van der Waals surface area contributed by atoms with Gasteiger partial charge in [0.2, 0.25) is 0 Å². The highest BCUT2D eigenvalue weighted by Crippen LogP contribution is 2.42. The topological polar surface area (TPSA) is 79.4 Å². The molecule has 2 fully saturated rings. The fourth-order valence-corrected chi connectivity index (χ4v) is 5.28. The van der Waals surface area contributed by atoms with E-state index in [4.69, 9.17) is 9.47 Å². The zero-order chi connectivity index (χ0) is 26.8. The van der Waals surface area contributed by atoms with Gasteiger partial charge in [-0.25, -0.2) is 4.79 Å². The number of likely N-dealkylation sites (tertiary alicyclic amines) is 1. The Morgan fingerprint density at radius 1 is 1.08 bits per heavy atom. The number of amides is 1. The van der Waals surface area contributed by atoms with Gasteiger partial charge in [0.05, 0.1) is 24.2 Å². The zero-order valence-electron chi connectivity index (χ0n) is 21.1. The summed E-state index contributed by atoms with van der Waals surface area (Å²) in [6.45, 7) is 6.77. The first-order valence-electron chi connectivity index (χ1n) is 12.6. The van der Waals surface area contributed by atoms with E-state index < -0.39 is 23.3 Å². The molecule has 3 aliphatic rings. The van der Waals surface area contributed by atoms with E-state index in [0.29, 0.717) is 82.1 Å². The molecule has 3 heterocycles. The molecule has 37 heavy (non-hydrogen) atoms. The summed E-state index contributed by atoms with van der Waals surface area (Å²) in [6, 6.07) is 5.18. The van der Waals surface area contributed by atoms with Gasteiger partial charge in [-0.3, -0.25) is 9.59 Å². The Kier molecular flexibility index (Phi) is 7.82. The highest BCUT2D eigenvalue weighted by molar-refractivity contribution is 6.07. The summed E-state index contributed by atoms with van der Waals surface area (Å²) in [5, 5.41) is 0. The highest BCUT2D eigenvalue weighted by Gasteiger charge is 2.51. The third-order valence-electron chi connectivity index (χ3n) is 7.35. The van der Waals surface area contributed by atoms with Crippen molar-refractivity contribution in [3.63, 3.8) is 0 Å². The summed E-state index contributed by atoms with van der Waals surface area (Å²) in [4.78, 5) is 43.4. The summed E-state index contributed by atoms with van der Waals surface area (Å²) >= 11 is 0. The molecule has 1 aromatic rings. The Labute approximate surface area is 214 Å². The first-order valence-corrected chi connectivity index (χ1v) is 12.6. The molecule has 0 saturated carbocycles. The van der Waals surface area contributed by atoms with E-state index >= 15 is 0 Å². The number of nitrogens with zero attached hydrogens (tertiary/aromatic N) is 3. The quantitative estimate of drug-likeness (QED) is 0.531. The van der Waals surface area contributed by atoms with Crippen LogP contribution < -0.4 is 4.90 Å². The van der Waals surface area contributed by atoms with Gasteiger partial charge in [-0.15, -0.1) is 0 Å². The predicted molar refractivity (Wildman–Crippen MR) is 129 cm³/mol. The lowest BCUT2D eigenvalue weighted by molar-refractivity contribution is -0.151. The lowest BCUT2D eigenvalue weighted by Gasteiger charge is -2.41. The minimum Gasteiger partial charge on any atom is -0.466 e. The summed E-state index contributed by atoms with van der Waals surface area (Å²) < 4.78 is 50.1. The Balaban J connectivity index is 1.39. The van der Waals surface area contributed by atoms with Crippen molar-refractivity contribution in [1.29, 1.82) is 0 Å². The molecule has 1 spiro atoms. The Morgan fingerprint density at radius 2 is 1.76 bits per heavy atom. The van der Waals surface area contributed by atoms with Gasteiger partial charge in [-0.2, -0.15) is 13.2 Å². The average molecular weight is 524 g/mol. The van der Waals surface area contributed by atoms with Crippen LogP contribution in [0.5, 0.6) is 0 Å². The van der Waals surface area contributed by atoms with E-state index in [2.05, 4.69) is 4.90 Å². The molecule has 0 aliphatic carbocycles. The van der Waals surface area contributed by atoms with Crippen LogP contribution in [0, 0.1) is 0 Å². The number of piperidine rings is 1. The smallest absolute Gasteiger partial charge is 0.416 e. The second-order valence-corrected chi connectivity index (χ2v) is 9.61. The van der Waals surface area contributed by atoms with Crippen molar-refractivity contribution in [2.45, 2.75) is 44.9 Å². The fraction of sp³-hybridized carbons (Fsp3) is 0.577. The third kappa shape index (κ3) is 5.76. The number of ether oxygens (including phenoxy) is 2. The molecule has 4 rings (SSSR count). The molecule has 0 aromatic heterocycles. The van der Waals surface area contributed by atoms with Gasteiger partial charge >= 0.3 is 18.1 Å². The molecular weight excluding hydrogens is 491 g/mol. The van der Waals surface area contributed by atoms with Gasteiger partial charge in [0.1, 0.15) is 5.60 Å². The van der Waals surface area contributed by atoms with E-state index in [-0.39, 0.29) is 18.3 Å². The van der Waals surface area contributed by atoms with E-state index in [0.717, 1.165) is 12.1 Å². The van der Waals surface area contributed by atoms with Crippen molar-refractivity contribution in [3.8, 4) is 0 Å². The maximum atomic E-state index is 13.6. The van der Waals surface area contributed by atoms with Gasteiger partial charge in [0.15, 0.2) is 0 Å². The number of anilines is 1. The number of hydrogen-bond acceptors (Lipinski definition) is 7. The molecule has 3 aliphatic heterocycles. The third-order valence-corrected chi connectivity index (χ3v) is 7.35. The van der Waals surface area contributed by atoms with Gasteiger partial charge in [-0.1, -0.05) is 6.07 Å². The number of hydrogen-bond donors (Lipinski definition) is 0. The number of halogens is 3. The Bertz CT molecular complexity index is 1070. The van der Waals surface area contributed by atoms with E-state index in [9.17, 15) is 27.6 Å². The van der Waals surface area contributed by atoms with Crippen molar-refractivity contribution >= 4 is 23.5 Å². The number of esters is 2. The molecule has 8 nitrogen and oxygen atoms in total. The number of carbonyl (C=O) groups excluding carboxylic acids is 3. The van der Waals surface area contributed by atoms with E-state index in [1.807, 2.05) is 4.90 Å². The van der Waals surface area contributed by atoms with Crippen LogP contribution in [0.2, 0.25) is 0 Å². The van der Waals surface area contributed by atoms with E-state index in [1.165, 1.54) is 6.07 Å². The minimum atomic E-state index is -4.42. The monoisotopic (exact) mass is 523 g/mol. The number of piperazine rings is 1. The van der Waals surface area contributed by atoms with Gasteiger partial charge in [0, 0.05) is 69.9 Å². The average Bonchev–Trinajstić information content (AvgIpc) is 3.12. The van der Waals surface area contributed by atoms with Crippen molar-refractivity contribution < 1.29 is 37.0 Å². The van der Waals surface area contributed by atoms with Crippen LogP contribution in [0.1, 0.15) is 38.7 Å². The fourth-order valence-electron chi connectivity index (χ4n) is 5.28. The molecule has 0 N–H and O–H groups in total. The SMILES string of the molecule is CCOC(=O)CCN1CCC2(CC1)OC(=O)C(C)=C2C(=O)N1CCN(c2cccc(C(F)(F)F)c2)CC1. The predicted octanol–water partition coefficient (Wildman–Crippen LogP) is 3.02. The van der Waals surface area contributed by atoms with Crippen molar-refractivity contribution in [2.24, 2.45) is 0 Å². The molecule has 0 bridgehead atoms. The second-order valence-electron chi connectivity index (χ2n) is 9.61. The normalized spacial score (nSPS) is 20.4. The molecule has 0 atom stereocenters. The van der Waals surface area contributed by atoms with Crippen LogP contribution in [0.3, 0.4) is 0 Å². The highest BCUT2D eigenvalue weighted by atomic mass is 19.4. The van der Waals surface area contributed by atoms with Gasteiger partial charge < -0.3 is 24.2 Å². The van der Waals surface area contributed by atoms with Crippen LogP contribution in [-0.4, -0.2) is 85.7 Å². The van der Waals surface area contributed by atoms with Gasteiger partial charge in [0.25, 0.3) is 5.91 Å². The maximum Gasteiger partial charge on any atom is 0.416 e. The summed E-state index contributed by atoms with van der Waals surface area (Å²) in [6.07, 6.45) is -3.25. The molecule has 0 unspecified atom stereocenters. The van der Waals surface area contributed by atoms with Crippen LogP contribution in [-0.2, 0) is 30.0 Å². The van der Waals surface area contributed by atoms with Crippen LogP contribution in [0.4, 0.5) is 18.9 Å². The molecule has 0 radical (unpaired) electrons. The summed E-state index contributed by atoms with van der Waals surface area (Å²) in [5.74, 6) is -1.01. The number of carbonyl (C=O) groups is 3. The molecular formula is C26H32F3N3O5. The molecule has 11 heteroatoms. The zero-order valence-corrected chi connectivity index (χ0v) is 21.1.